The van der Waals surface area contributed by atoms with Crippen LogP contribution < -0.4 is 5.32 Å². The molecular weight excluding hydrogens is 947 g/mol. The van der Waals surface area contributed by atoms with E-state index < -0.39 is 12.1 Å². The highest BCUT2D eigenvalue weighted by Gasteiger charge is 2.20. The number of unbranched alkanes of at least 4 members (excludes halogenated alkanes) is 54. The Morgan fingerprint density at radius 2 is 0.610 bits per heavy atom. The molecule has 6 nitrogen and oxygen atoms in total. The van der Waals surface area contributed by atoms with Gasteiger partial charge in [-0.3, -0.25) is 9.59 Å². The van der Waals surface area contributed by atoms with Crippen LogP contribution in [0.5, 0.6) is 0 Å². The van der Waals surface area contributed by atoms with Gasteiger partial charge < -0.3 is 20.3 Å². The van der Waals surface area contributed by atoms with E-state index in [1.54, 1.807) is 0 Å². The van der Waals surface area contributed by atoms with Crippen LogP contribution in [0.1, 0.15) is 406 Å². The van der Waals surface area contributed by atoms with Gasteiger partial charge in [-0.2, -0.15) is 0 Å². The lowest BCUT2D eigenvalue weighted by molar-refractivity contribution is -0.143. The second-order valence-corrected chi connectivity index (χ2v) is 24.6. The lowest BCUT2D eigenvalue weighted by atomic mass is 10.0. The maximum absolute atomic E-state index is 12.5. The van der Waals surface area contributed by atoms with Crippen molar-refractivity contribution in [3.63, 3.8) is 0 Å². The Morgan fingerprint density at radius 1 is 0.351 bits per heavy atom. The second-order valence-electron chi connectivity index (χ2n) is 24.6. The van der Waals surface area contributed by atoms with Gasteiger partial charge in [0.25, 0.3) is 0 Å². The largest absolute Gasteiger partial charge is 0.466 e. The number of hydrogen-bond donors (Lipinski definition) is 3. The number of ether oxygens (including phenoxy) is 1. The van der Waals surface area contributed by atoms with Crippen molar-refractivity contribution in [2.24, 2.45) is 0 Å². The van der Waals surface area contributed by atoms with Gasteiger partial charge in [0, 0.05) is 12.8 Å². The Hall–Kier alpha value is -1.40. The quantitative estimate of drug-likeness (QED) is 0.0320. The van der Waals surface area contributed by atoms with Gasteiger partial charge in [0.1, 0.15) is 0 Å². The highest BCUT2D eigenvalue weighted by molar-refractivity contribution is 5.76. The van der Waals surface area contributed by atoms with E-state index in [2.05, 4.69) is 31.3 Å². The van der Waals surface area contributed by atoms with E-state index in [-0.39, 0.29) is 18.5 Å². The second kappa shape index (κ2) is 67.1. The van der Waals surface area contributed by atoms with Crippen molar-refractivity contribution in [3.8, 4) is 0 Å². The van der Waals surface area contributed by atoms with E-state index in [4.69, 9.17) is 4.74 Å². The number of aliphatic hydroxyl groups is 2. The van der Waals surface area contributed by atoms with E-state index in [1.165, 1.54) is 327 Å². The van der Waals surface area contributed by atoms with Crippen molar-refractivity contribution in [2.45, 2.75) is 418 Å². The fraction of sp³-hybridized carbons (Fsp3) is 0.944. The number of esters is 1. The van der Waals surface area contributed by atoms with Crippen molar-refractivity contribution in [3.05, 3.63) is 12.2 Å². The third-order valence-electron chi connectivity index (χ3n) is 16.8. The van der Waals surface area contributed by atoms with Crippen LogP contribution in [-0.4, -0.2) is 47.4 Å². The average molecular weight is 1090 g/mol. The van der Waals surface area contributed by atoms with Crippen LogP contribution in [0.15, 0.2) is 12.2 Å². The molecule has 0 aliphatic heterocycles. The van der Waals surface area contributed by atoms with E-state index in [9.17, 15) is 19.8 Å². The highest BCUT2D eigenvalue weighted by atomic mass is 16.5. The number of carbonyl (C=O) groups excluding carboxylic acids is 2. The fourth-order valence-corrected chi connectivity index (χ4v) is 11.4. The van der Waals surface area contributed by atoms with E-state index >= 15 is 0 Å². The van der Waals surface area contributed by atoms with Crippen LogP contribution in [0, 0.1) is 0 Å². The number of nitrogens with one attached hydrogen (secondary N) is 1. The molecule has 0 aromatic rings. The summed E-state index contributed by atoms with van der Waals surface area (Å²) in [6.07, 6.45) is 82.5. The smallest absolute Gasteiger partial charge is 0.305 e. The summed E-state index contributed by atoms with van der Waals surface area (Å²) in [5.74, 6) is -0.0188. The van der Waals surface area contributed by atoms with Gasteiger partial charge in [-0.15, -0.1) is 0 Å². The molecule has 0 rings (SSSR count). The lowest BCUT2D eigenvalue weighted by Crippen LogP contribution is -2.45. The van der Waals surface area contributed by atoms with Gasteiger partial charge in [0.05, 0.1) is 25.4 Å². The summed E-state index contributed by atoms with van der Waals surface area (Å²) < 4.78 is 5.50. The molecule has 0 aromatic carbocycles. The van der Waals surface area contributed by atoms with E-state index in [1.807, 2.05) is 0 Å². The summed E-state index contributed by atoms with van der Waals surface area (Å²) in [6, 6.07) is -0.542. The summed E-state index contributed by atoms with van der Waals surface area (Å²) in [7, 11) is 0. The van der Waals surface area contributed by atoms with Gasteiger partial charge in [-0.1, -0.05) is 353 Å². The first-order valence-electron chi connectivity index (χ1n) is 35.4. The zero-order valence-electron chi connectivity index (χ0n) is 52.5. The zero-order valence-corrected chi connectivity index (χ0v) is 52.5. The number of rotatable bonds is 67. The standard InChI is InChI=1S/C71H139NO5/c1-3-5-7-9-11-13-15-17-19-21-23-28-31-35-39-43-47-51-55-59-63-69(74)68(67-73)72-70(75)64-60-56-52-48-44-40-36-32-29-26-24-25-27-30-34-38-42-46-50-54-58-62-66-77-71(76)65-61-57-53-49-45-41-37-33-22-20-18-16-14-12-10-8-6-4-2/h20,22,68-69,73-74H,3-19,21,23-67H2,1-2H3,(H,72,75)/b22-20-. The van der Waals surface area contributed by atoms with Crippen molar-refractivity contribution in [2.75, 3.05) is 13.2 Å². The third-order valence-corrected chi connectivity index (χ3v) is 16.8. The summed E-state index contributed by atoms with van der Waals surface area (Å²) in [5.41, 5.74) is 0. The molecular formula is C71H139NO5. The molecule has 0 radical (unpaired) electrons. The topological polar surface area (TPSA) is 95.9 Å². The molecule has 458 valence electrons. The molecule has 0 heterocycles. The third kappa shape index (κ3) is 63.6. The fourth-order valence-electron chi connectivity index (χ4n) is 11.4. The number of hydrogen-bond acceptors (Lipinski definition) is 5. The van der Waals surface area contributed by atoms with Crippen molar-refractivity contribution < 1.29 is 24.5 Å². The minimum Gasteiger partial charge on any atom is -0.466 e. The highest BCUT2D eigenvalue weighted by Crippen LogP contribution is 2.19. The molecule has 0 aromatic heterocycles. The molecule has 0 saturated heterocycles. The Bertz CT molecular complexity index is 1160. The monoisotopic (exact) mass is 1090 g/mol. The number of aliphatic hydroxyl groups excluding tert-OH is 2. The summed E-state index contributed by atoms with van der Waals surface area (Å²) in [5, 5.41) is 23.4. The molecule has 2 unspecified atom stereocenters. The minimum absolute atomic E-state index is 0.0117. The number of allylic oxidation sites excluding steroid dienone is 2. The molecule has 3 N–H and O–H groups in total. The summed E-state index contributed by atoms with van der Waals surface area (Å²) in [6.45, 7) is 4.99. The maximum Gasteiger partial charge on any atom is 0.305 e. The van der Waals surface area contributed by atoms with Crippen LogP contribution in [0.25, 0.3) is 0 Å². The summed E-state index contributed by atoms with van der Waals surface area (Å²) >= 11 is 0. The Balaban J connectivity index is 3.36. The predicted molar refractivity (Wildman–Crippen MR) is 338 cm³/mol. The molecule has 0 aliphatic rings. The van der Waals surface area contributed by atoms with Crippen LogP contribution in [0.2, 0.25) is 0 Å². The number of carbonyl (C=O) groups is 2. The lowest BCUT2D eigenvalue weighted by Gasteiger charge is -2.22. The Kier molecular flexibility index (Phi) is 65.9. The SMILES string of the molecule is CCCCCCCCC/C=C\CCCCCCCCCC(=O)OCCCCCCCCCCCCCCCCCCCCCCCCC(=O)NC(CO)C(O)CCCCCCCCCCCCCCCCCCCCCC. The van der Waals surface area contributed by atoms with Gasteiger partial charge in [-0.25, -0.2) is 0 Å². The molecule has 0 spiro atoms. The first kappa shape index (κ1) is 75.6. The minimum atomic E-state index is -0.665. The zero-order chi connectivity index (χ0) is 55.7. The van der Waals surface area contributed by atoms with Gasteiger partial charge >= 0.3 is 5.97 Å². The molecule has 6 heteroatoms. The van der Waals surface area contributed by atoms with Crippen molar-refractivity contribution in [1.82, 2.24) is 5.32 Å². The van der Waals surface area contributed by atoms with Crippen LogP contribution >= 0.6 is 0 Å². The Morgan fingerprint density at radius 3 is 0.922 bits per heavy atom. The van der Waals surface area contributed by atoms with Gasteiger partial charge in [0.2, 0.25) is 5.91 Å². The molecule has 0 saturated carbocycles. The molecule has 2 atom stereocenters. The first-order chi connectivity index (χ1) is 38.0. The van der Waals surface area contributed by atoms with Crippen molar-refractivity contribution in [1.29, 1.82) is 0 Å². The van der Waals surface area contributed by atoms with Crippen LogP contribution in [0.3, 0.4) is 0 Å². The Labute approximate surface area is 482 Å². The van der Waals surface area contributed by atoms with Gasteiger partial charge in [-0.05, 0) is 51.4 Å². The number of amides is 1. The average Bonchev–Trinajstić information content (AvgIpc) is 3.43. The molecule has 0 aliphatic carbocycles. The normalized spacial score (nSPS) is 12.5. The molecule has 0 bridgehead atoms. The van der Waals surface area contributed by atoms with E-state index in [0.717, 1.165) is 44.9 Å². The van der Waals surface area contributed by atoms with Gasteiger partial charge in [0.15, 0.2) is 0 Å². The van der Waals surface area contributed by atoms with E-state index in [0.29, 0.717) is 25.9 Å². The molecule has 0 fully saturated rings. The van der Waals surface area contributed by atoms with Crippen LogP contribution in [-0.2, 0) is 14.3 Å². The van der Waals surface area contributed by atoms with Crippen LogP contribution in [0.4, 0.5) is 0 Å². The maximum atomic E-state index is 12.5. The molecule has 1 amide bonds. The first-order valence-corrected chi connectivity index (χ1v) is 35.4. The summed E-state index contributed by atoms with van der Waals surface area (Å²) in [4.78, 5) is 24.6. The predicted octanol–water partition coefficient (Wildman–Crippen LogP) is 22.8. The van der Waals surface area contributed by atoms with Crippen molar-refractivity contribution >= 4 is 11.9 Å². The molecule has 77 heavy (non-hydrogen) atoms.